The minimum absolute atomic E-state index is 0.263. The molecule has 0 spiro atoms. The van der Waals surface area contributed by atoms with Crippen molar-refractivity contribution in [3.05, 3.63) is 58.7 Å². The lowest BCUT2D eigenvalue weighted by Crippen LogP contribution is -2.10. The van der Waals surface area contributed by atoms with Crippen molar-refractivity contribution >= 4 is 24.0 Å². The van der Waals surface area contributed by atoms with Gasteiger partial charge in [-0.25, -0.2) is 0 Å². The van der Waals surface area contributed by atoms with Gasteiger partial charge in [0.2, 0.25) is 0 Å². The van der Waals surface area contributed by atoms with Gasteiger partial charge in [0.05, 0.1) is 21.8 Å². The third-order valence-corrected chi connectivity index (χ3v) is 5.65. The van der Waals surface area contributed by atoms with Crippen LogP contribution in [0.1, 0.15) is 35.0 Å². The second-order valence-electron chi connectivity index (χ2n) is 6.01. The standard InChI is InChI=1S/C18H16N4S2/c19-10-13-4-1-2-5-14(13)16(23)18-21-20-17(15-6-3-9-24-15)22(18)11-12-7-8-12/h1-6,9,12,16,23H,7-8,11H2. The molecule has 24 heavy (non-hydrogen) atoms. The van der Waals surface area contributed by atoms with Crippen molar-refractivity contribution in [2.45, 2.75) is 24.6 Å². The van der Waals surface area contributed by atoms with Crippen LogP contribution >= 0.6 is 24.0 Å². The molecule has 120 valence electrons. The van der Waals surface area contributed by atoms with Gasteiger partial charge in [-0.1, -0.05) is 24.3 Å². The lowest BCUT2D eigenvalue weighted by Gasteiger charge is -2.15. The van der Waals surface area contributed by atoms with Crippen LogP contribution in [0.4, 0.5) is 0 Å². The third-order valence-electron chi connectivity index (χ3n) is 4.28. The van der Waals surface area contributed by atoms with Crippen LogP contribution in [0, 0.1) is 17.2 Å². The number of aromatic nitrogens is 3. The number of thiophene rings is 1. The van der Waals surface area contributed by atoms with Crippen molar-refractivity contribution in [1.82, 2.24) is 14.8 Å². The van der Waals surface area contributed by atoms with Crippen LogP contribution in [0.25, 0.3) is 10.7 Å². The average Bonchev–Trinajstić information content (AvgIpc) is 3.10. The molecule has 6 heteroatoms. The van der Waals surface area contributed by atoms with Crippen molar-refractivity contribution in [3.8, 4) is 16.8 Å². The fourth-order valence-corrected chi connectivity index (χ4v) is 3.95. The molecule has 3 aromatic rings. The SMILES string of the molecule is N#Cc1ccccc1C(S)c1nnc(-c2cccs2)n1CC1CC1. The highest BCUT2D eigenvalue weighted by atomic mass is 32.1. The zero-order valence-electron chi connectivity index (χ0n) is 13.0. The average molecular weight is 352 g/mol. The van der Waals surface area contributed by atoms with Crippen LogP contribution in [0.5, 0.6) is 0 Å². The fraction of sp³-hybridized carbons (Fsp3) is 0.278. The Hall–Kier alpha value is -2.10. The minimum atomic E-state index is -0.263. The third kappa shape index (κ3) is 2.85. The molecule has 4 rings (SSSR count). The van der Waals surface area contributed by atoms with Crippen molar-refractivity contribution in [2.24, 2.45) is 5.92 Å². The van der Waals surface area contributed by atoms with Gasteiger partial charge in [-0.3, -0.25) is 0 Å². The number of nitrogens with zero attached hydrogens (tertiary/aromatic N) is 4. The number of hydrogen-bond donors (Lipinski definition) is 1. The number of rotatable bonds is 5. The van der Waals surface area contributed by atoms with E-state index in [1.807, 2.05) is 35.7 Å². The summed E-state index contributed by atoms with van der Waals surface area (Å²) >= 11 is 6.45. The van der Waals surface area contributed by atoms with Crippen LogP contribution in [0.2, 0.25) is 0 Å². The Morgan fingerprint density at radius 2 is 2.08 bits per heavy atom. The number of benzene rings is 1. The van der Waals surface area contributed by atoms with Crippen molar-refractivity contribution in [1.29, 1.82) is 5.26 Å². The Morgan fingerprint density at radius 3 is 2.79 bits per heavy atom. The molecule has 4 nitrogen and oxygen atoms in total. The van der Waals surface area contributed by atoms with Crippen LogP contribution < -0.4 is 0 Å². The summed E-state index contributed by atoms with van der Waals surface area (Å²) in [6.45, 7) is 0.918. The summed E-state index contributed by atoms with van der Waals surface area (Å²) in [5.74, 6) is 2.42. The summed E-state index contributed by atoms with van der Waals surface area (Å²) in [6.07, 6.45) is 2.51. The molecule has 0 radical (unpaired) electrons. The molecule has 0 N–H and O–H groups in total. The second kappa shape index (κ2) is 6.42. The van der Waals surface area contributed by atoms with Crippen molar-refractivity contribution < 1.29 is 0 Å². The predicted octanol–water partition coefficient (Wildman–Crippen LogP) is 4.31. The highest BCUT2D eigenvalue weighted by Crippen LogP contribution is 2.37. The normalized spacial score (nSPS) is 15.2. The highest BCUT2D eigenvalue weighted by molar-refractivity contribution is 7.80. The summed E-state index contributed by atoms with van der Waals surface area (Å²) in [7, 11) is 0. The van der Waals surface area contributed by atoms with E-state index in [0.29, 0.717) is 11.5 Å². The molecule has 1 aliphatic carbocycles. The first-order valence-electron chi connectivity index (χ1n) is 7.92. The molecular formula is C18H16N4S2. The largest absolute Gasteiger partial charge is 0.309 e. The molecule has 1 aliphatic rings. The van der Waals surface area contributed by atoms with E-state index in [9.17, 15) is 5.26 Å². The van der Waals surface area contributed by atoms with E-state index in [2.05, 4.69) is 26.9 Å². The Kier molecular flexibility index (Phi) is 4.13. The number of hydrogen-bond acceptors (Lipinski definition) is 5. The number of nitriles is 1. The lowest BCUT2D eigenvalue weighted by molar-refractivity contribution is 0.606. The van der Waals surface area contributed by atoms with E-state index in [1.165, 1.54) is 12.8 Å². The highest BCUT2D eigenvalue weighted by Gasteiger charge is 2.28. The maximum absolute atomic E-state index is 9.37. The van der Waals surface area contributed by atoms with E-state index in [0.717, 1.165) is 28.6 Å². The molecule has 1 unspecified atom stereocenters. The van der Waals surface area contributed by atoms with Gasteiger partial charge in [0.15, 0.2) is 11.6 Å². The van der Waals surface area contributed by atoms with E-state index in [1.54, 1.807) is 11.3 Å². The number of thiol groups is 1. The molecule has 2 heterocycles. The molecule has 1 saturated carbocycles. The van der Waals surface area contributed by atoms with Crippen LogP contribution in [0.15, 0.2) is 41.8 Å². The zero-order valence-corrected chi connectivity index (χ0v) is 14.7. The zero-order chi connectivity index (χ0) is 16.5. The molecule has 1 fully saturated rings. The molecule has 0 saturated heterocycles. The van der Waals surface area contributed by atoms with Gasteiger partial charge >= 0.3 is 0 Å². The Balaban J connectivity index is 1.78. The van der Waals surface area contributed by atoms with Gasteiger partial charge in [-0.05, 0) is 41.8 Å². The summed E-state index contributed by atoms with van der Waals surface area (Å²) < 4.78 is 2.19. The van der Waals surface area contributed by atoms with E-state index in [4.69, 9.17) is 12.6 Å². The van der Waals surface area contributed by atoms with Gasteiger partial charge in [-0.15, -0.1) is 21.5 Å². The van der Waals surface area contributed by atoms with Gasteiger partial charge in [0.25, 0.3) is 0 Å². The summed E-state index contributed by atoms with van der Waals surface area (Å²) in [4.78, 5) is 1.11. The second-order valence-corrected chi connectivity index (χ2v) is 7.48. The Morgan fingerprint density at radius 1 is 1.25 bits per heavy atom. The van der Waals surface area contributed by atoms with E-state index < -0.39 is 0 Å². The molecular weight excluding hydrogens is 336 g/mol. The Labute approximate surface area is 150 Å². The first-order valence-corrected chi connectivity index (χ1v) is 9.31. The van der Waals surface area contributed by atoms with E-state index >= 15 is 0 Å². The van der Waals surface area contributed by atoms with Crippen LogP contribution in [-0.2, 0) is 6.54 Å². The lowest BCUT2D eigenvalue weighted by atomic mass is 10.0. The minimum Gasteiger partial charge on any atom is -0.309 e. The topological polar surface area (TPSA) is 54.5 Å². The Bertz CT molecular complexity index is 888. The summed E-state index contributed by atoms with van der Waals surface area (Å²) in [6, 6.07) is 13.9. The van der Waals surface area contributed by atoms with Gasteiger partial charge in [0, 0.05) is 6.54 Å². The monoisotopic (exact) mass is 352 g/mol. The smallest absolute Gasteiger partial charge is 0.174 e. The van der Waals surface area contributed by atoms with Crippen LogP contribution in [-0.4, -0.2) is 14.8 Å². The fourth-order valence-electron chi connectivity index (χ4n) is 2.82. The maximum atomic E-state index is 9.37. The van der Waals surface area contributed by atoms with Crippen LogP contribution in [0.3, 0.4) is 0 Å². The quantitative estimate of drug-likeness (QED) is 0.696. The molecule has 0 aliphatic heterocycles. The summed E-state index contributed by atoms with van der Waals surface area (Å²) in [5, 5.41) is 20.0. The molecule has 1 aromatic carbocycles. The molecule has 2 aromatic heterocycles. The van der Waals surface area contributed by atoms with Crippen molar-refractivity contribution in [2.75, 3.05) is 0 Å². The summed E-state index contributed by atoms with van der Waals surface area (Å²) in [5.41, 5.74) is 1.52. The molecule has 0 amide bonds. The first-order chi connectivity index (χ1) is 11.8. The van der Waals surface area contributed by atoms with E-state index in [-0.39, 0.29) is 5.25 Å². The predicted molar refractivity (Wildman–Crippen MR) is 98.0 cm³/mol. The van der Waals surface area contributed by atoms with Gasteiger partial charge < -0.3 is 4.57 Å². The molecule has 0 bridgehead atoms. The van der Waals surface area contributed by atoms with Gasteiger partial charge in [-0.2, -0.15) is 17.9 Å². The maximum Gasteiger partial charge on any atom is 0.174 e. The molecule has 1 atom stereocenters. The van der Waals surface area contributed by atoms with Gasteiger partial charge in [0.1, 0.15) is 0 Å². The van der Waals surface area contributed by atoms with Crippen molar-refractivity contribution in [3.63, 3.8) is 0 Å². The first kappa shape index (κ1) is 15.4.